The van der Waals surface area contributed by atoms with Crippen molar-refractivity contribution in [3.8, 4) is 0 Å². The van der Waals surface area contributed by atoms with E-state index in [0.29, 0.717) is 16.8 Å². The fourth-order valence-electron chi connectivity index (χ4n) is 4.24. The first-order valence-corrected chi connectivity index (χ1v) is 12.8. The molecule has 39 heavy (non-hydrogen) atoms. The van der Waals surface area contributed by atoms with Gasteiger partial charge < -0.3 is 26.0 Å². The lowest BCUT2D eigenvalue weighted by atomic mass is 10.0. The van der Waals surface area contributed by atoms with Gasteiger partial charge in [0.25, 0.3) is 11.8 Å². The van der Waals surface area contributed by atoms with Gasteiger partial charge in [0, 0.05) is 30.8 Å². The highest BCUT2D eigenvalue weighted by Crippen LogP contribution is 2.30. The summed E-state index contributed by atoms with van der Waals surface area (Å²) in [6.45, 7) is 8.78. The molecule has 2 aliphatic rings. The number of nitrogens with two attached hydrogens (primary N) is 1. The number of esters is 1. The fraction of sp³-hybridized carbons (Fsp3) is 0.393. The number of fused-ring (bicyclic) bond motifs is 1. The first kappa shape index (κ1) is 29.3. The molecule has 3 rings (SSSR count). The van der Waals surface area contributed by atoms with Gasteiger partial charge in [-0.15, -0.1) is 0 Å². The molecule has 11 nitrogen and oxygen atoms in total. The number of piperidine rings is 1. The number of likely N-dealkylation sites (tertiary alicyclic amines) is 1. The number of hydrogen-bond donors (Lipinski definition) is 3. The van der Waals surface area contributed by atoms with Crippen molar-refractivity contribution in [1.82, 2.24) is 20.4 Å². The largest absolute Gasteiger partial charge is 0.443 e. The second-order valence-corrected chi connectivity index (χ2v) is 9.65. The molecule has 0 aliphatic carbocycles. The van der Waals surface area contributed by atoms with Crippen LogP contribution in [0.4, 0.5) is 4.79 Å². The standard InChI is InChI=1S/C28H35N5O6/c1-5-7-8-20(6-2)31-28(38)30-14-18-9-10-21-19(13-18)15-32(25(21)35)22-11-12-23(34)33(26(22)36)16-39-27(37)24(29)17(3)4/h5-10,13,17,22,24H,1,11-12,14-16,29H2,2-4H3,(H2,30,31,38)/b8-7-,20-6+. The summed E-state index contributed by atoms with van der Waals surface area (Å²) >= 11 is 0. The minimum atomic E-state index is -0.875. The number of hydrogen-bond acceptors (Lipinski definition) is 7. The number of nitrogens with zero attached hydrogens (tertiary/aromatic N) is 2. The summed E-state index contributed by atoms with van der Waals surface area (Å²) in [6, 6.07) is 3.09. The summed E-state index contributed by atoms with van der Waals surface area (Å²) in [5, 5.41) is 5.50. The summed E-state index contributed by atoms with van der Waals surface area (Å²) in [6.07, 6.45) is 6.99. The van der Waals surface area contributed by atoms with E-state index >= 15 is 0 Å². The molecule has 2 unspecified atom stereocenters. The molecule has 1 aromatic rings. The highest BCUT2D eigenvalue weighted by molar-refractivity contribution is 6.05. The Bertz CT molecular complexity index is 1220. The minimum Gasteiger partial charge on any atom is -0.443 e. The van der Waals surface area contributed by atoms with Gasteiger partial charge >= 0.3 is 12.0 Å². The van der Waals surface area contributed by atoms with E-state index in [4.69, 9.17) is 10.5 Å². The molecule has 208 valence electrons. The molecular formula is C28H35N5O6. The molecule has 2 heterocycles. The molecule has 1 aromatic carbocycles. The molecule has 0 saturated carbocycles. The lowest BCUT2D eigenvalue weighted by Gasteiger charge is -2.35. The van der Waals surface area contributed by atoms with E-state index in [2.05, 4.69) is 17.2 Å². The zero-order valence-electron chi connectivity index (χ0n) is 22.4. The number of ether oxygens (including phenoxy) is 1. The molecule has 0 radical (unpaired) electrons. The molecule has 2 aliphatic heterocycles. The predicted octanol–water partition coefficient (Wildman–Crippen LogP) is 2.09. The van der Waals surface area contributed by atoms with Gasteiger partial charge in [-0.3, -0.25) is 19.2 Å². The summed E-state index contributed by atoms with van der Waals surface area (Å²) in [5.41, 5.74) is 8.35. The van der Waals surface area contributed by atoms with Crippen LogP contribution < -0.4 is 16.4 Å². The first-order chi connectivity index (χ1) is 18.6. The fourth-order valence-corrected chi connectivity index (χ4v) is 4.24. The molecule has 2 atom stereocenters. The van der Waals surface area contributed by atoms with Crippen LogP contribution in [0.5, 0.6) is 0 Å². The molecule has 0 spiro atoms. The lowest BCUT2D eigenvalue weighted by Crippen LogP contribution is -2.55. The average molecular weight is 538 g/mol. The molecular weight excluding hydrogens is 502 g/mol. The van der Waals surface area contributed by atoms with Crippen LogP contribution in [0.1, 0.15) is 55.1 Å². The van der Waals surface area contributed by atoms with Gasteiger partial charge in [-0.25, -0.2) is 9.69 Å². The Balaban J connectivity index is 1.63. The Labute approximate surface area is 227 Å². The monoisotopic (exact) mass is 537 g/mol. The maximum absolute atomic E-state index is 13.2. The van der Waals surface area contributed by atoms with Crippen LogP contribution in [0.3, 0.4) is 0 Å². The predicted molar refractivity (Wildman–Crippen MR) is 143 cm³/mol. The van der Waals surface area contributed by atoms with Crippen LogP contribution in [-0.4, -0.2) is 58.3 Å². The molecule has 4 N–H and O–H groups in total. The van der Waals surface area contributed by atoms with E-state index in [0.717, 1.165) is 10.5 Å². The van der Waals surface area contributed by atoms with E-state index in [1.807, 2.05) is 6.07 Å². The van der Waals surface area contributed by atoms with Crippen molar-refractivity contribution in [2.45, 2.75) is 58.8 Å². The zero-order valence-corrected chi connectivity index (χ0v) is 22.4. The quantitative estimate of drug-likeness (QED) is 0.235. The minimum absolute atomic E-state index is 0.0325. The van der Waals surface area contributed by atoms with Crippen LogP contribution in [0, 0.1) is 5.92 Å². The van der Waals surface area contributed by atoms with Crippen LogP contribution in [0.15, 0.2) is 54.8 Å². The van der Waals surface area contributed by atoms with Gasteiger partial charge in [-0.2, -0.15) is 0 Å². The van der Waals surface area contributed by atoms with Crippen LogP contribution in [0.25, 0.3) is 0 Å². The van der Waals surface area contributed by atoms with Crippen molar-refractivity contribution in [2.75, 3.05) is 6.73 Å². The number of amides is 5. The van der Waals surface area contributed by atoms with Crippen LogP contribution in [-0.2, 0) is 32.2 Å². The molecule has 0 bridgehead atoms. The number of benzene rings is 1. The smallest absolute Gasteiger partial charge is 0.324 e. The van der Waals surface area contributed by atoms with Crippen molar-refractivity contribution in [1.29, 1.82) is 0 Å². The number of imide groups is 1. The summed E-state index contributed by atoms with van der Waals surface area (Å²) in [7, 11) is 0. The van der Waals surface area contributed by atoms with Gasteiger partial charge in [-0.05, 0) is 42.5 Å². The van der Waals surface area contributed by atoms with Gasteiger partial charge in [0.1, 0.15) is 12.1 Å². The Kier molecular flexibility index (Phi) is 9.78. The maximum atomic E-state index is 13.2. The first-order valence-electron chi connectivity index (χ1n) is 12.8. The van der Waals surface area contributed by atoms with Gasteiger partial charge in [0.05, 0.1) is 0 Å². The number of carbonyl (C=O) groups excluding carboxylic acids is 5. The summed E-state index contributed by atoms with van der Waals surface area (Å²) in [4.78, 5) is 65.4. The van der Waals surface area contributed by atoms with Crippen LogP contribution in [0.2, 0.25) is 0 Å². The van der Waals surface area contributed by atoms with Crippen molar-refractivity contribution >= 4 is 29.7 Å². The molecule has 5 amide bonds. The number of urea groups is 1. The Morgan fingerprint density at radius 1 is 1.26 bits per heavy atom. The molecule has 1 saturated heterocycles. The average Bonchev–Trinajstić information content (AvgIpc) is 3.24. The number of rotatable bonds is 10. The SMILES string of the molecule is C=C/C=C\C(=C/C)NC(=O)NCc1ccc2c(c1)CN(C1CCC(=O)N(COC(=O)C(N)C(C)C)C1=O)C2=O. The van der Waals surface area contributed by atoms with E-state index < -0.39 is 36.6 Å². The third-order valence-electron chi connectivity index (χ3n) is 6.62. The highest BCUT2D eigenvalue weighted by Gasteiger charge is 2.43. The number of allylic oxidation sites excluding steroid dienone is 4. The summed E-state index contributed by atoms with van der Waals surface area (Å²) < 4.78 is 5.12. The summed E-state index contributed by atoms with van der Waals surface area (Å²) in [5.74, 6) is -2.26. The van der Waals surface area contributed by atoms with Gasteiger partial charge in [-0.1, -0.05) is 50.8 Å². The number of nitrogens with one attached hydrogen (secondary N) is 2. The molecule has 11 heteroatoms. The van der Waals surface area contributed by atoms with Crippen molar-refractivity contribution in [3.05, 3.63) is 71.5 Å². The Morgan fingerprint density at radius 2 is 2.00 bits per heavy atom. The normalized spacial score (nSPS) is 18.4. The van der Waals surface area contributed by atoms with Crippen LogP contribution >= 0.6 is 0 Å². The van der Waals surface area contributed by atoms with Crippen molar-refractivity contribution in [3.63, 3.8) is 0 Å². The van der Waals surface area contributed by atoms with E-state index in [1.165, 1.54) is 4.90 Å². The Hall–Kier alpha value is -4.25. The van der Waals surface area contributed by atoms with E-state index in [1.54, 1.807) is 57.2 Å². The Morgan fingerprint density at radius 3 is 2.67 bits per heavy atom. The van der Waals surface area contributed by atoms with Gasteiger partial charge in [0.2, 0.25) is 5.91 Å². The van der Waals surface area contributed by atoms with Crippen molar-refractivity contribution < 1.29 is 28.7 Å². The topological polar surface area (TPSA) is 151 Å². The van der Waals surface area contributed by atoms with Crippen molar-refractivity contribution in [2.24, 2.45) is 11.7 Å². The van der Waals surface area contributed by atoms with E-state index in [-0.39, 0.29) is 43.8 Å². The third-order valence-corrected chi connectivity index (χ3v) is 6.62. The zero-order chi connectivity index (χ0) is 28.7. The van der Waals surface area contributed by atoms with E-state index in [9.17, 15) is 24.0 Å². The molecule has 1 fully saturated rings. The third kappa shape index (κ3) is 6.99. The second kappa shape index (κ2) is 13.0. The lowest BCUT2D eigenvalue weighted by molar-refractivity contribution is -0.165. The number of carbonyl (C=O) groups is 5. The second-order valence-electron chi connectivity index (χ2n) is 9.65. The maximum Gasteiger partial charge on any atom is 0.324 e. The molecule has 0 aromatic heterocycles. The highest BCUT2D eigenvalue weighted by atomic mass is 16.5. The van der Waals surface area contributed by atoms with Gasteiger partial charge in [0.15, 0.2) is 6.73 Å².